The average Bonchev–Trinajstić information content (AvgIpc) is 2.85. The van der Waals surface area contributed by atoms with Gasteiger partial charge in [0.1, 0.15) is 5.75 Å². The molecule has 3 rings (SSSR count). The number of hydrogen-bond acceptors (Lipinski definition) is 5. The van der Waals surface area contributed by atoms with Crippen LogP contribution in [0.5, 0.6) is 5.75 Å². The van der Waals surface area contributed by atoms with Crippen LogP contribution in [0.1, 0.15) is 6.42 Å². The number of benzene rings is 2. The van der Waals surface area contributed by atoms with E-state index in [1.165, 1.54) is 10.4 Å². The molecule has 1 amide bonds. The molecule has 150 valence electrons. The molecular weight excluding hydrogens is 420 g/mol. The SMILES string of the molecule is CS(=O)(=O)N1CC[C@@H](C(=O)NCCSc2ccccc2)Oc2ccc(Cl)cc21. The van der Waals surface area contributed by atoms with Crippen LogP contribution in [0.3, 0.4) is 0 Å². The molecule has 1 heterocycles. The largest absolute Gasteiger partial charge is 0.478 e. The number of sulfonamides is 1. The highest BCUT2D eigenvalue weighted by Gasteiger charge is 2.31. The number of ether oxygens (including phenoxy) is 1. The van der Waals surface area contributed by atoms with Gasteiger partial charge >= 0.3 is 0 Å². The maximum absolute atomic E-state index is 12.6. The molecule has 1 N–H and O–H groups in total. The zero-order valence-electron chi connectivity index (χ0n) is 15.3. The molecule has 9 heteroatoms. The molecule has 2 aromatic rings. The van der Waals surface area contributed by atoms with Crippen LogP contribution in [0.2, 0.25) is 5.02 Å². The average molecular weight is 441 g/mol. The van der Waals surface area contributed by atoms with Crippen molar-refractivity contribution < 1.29 is 17.9 Å². The van der Waals surface area contributed by atoms with Crippen LogP contribution >= 0.6 is 23.4 Å². The van der Waals surface area contributed by atoms with Crippen molar-refractivity contribution in [2.24, 2.45) is 0 Å². The summed E-state index contributed by atoms with van der Waals surface area (Å²) in [6.07, 6.45) is 0.601. The minimum Gasteiger partial charge on any atom is -0.478 e. The number of carbonyl (C=O) groups excluding carboxylic acids is 1. The lowest BCUT2D eigenvalue weighted by atomic mass is 10.2. The standard InChI is InChI=1S/C19H21ClN2O4S2/c1-28(24,25)22-11-9-18(26-17-8-7-14(20)13-16(17)22)19(23)21-10-12-27-15-5-3-2-4-6-15/h2-8,13,18H,9-12H2,1H3,(H,21,23)/t18-/m0/s1. The van der Waals surface area contributed by atoms with Gasteiger partial charge in [-0.25, -0.2) is 8.42 Å². The van der Waals surface area contributed by atoms with E-state index in [1.807, 2.05) is 30.3 Å². The second kappa shape index (κ2) is 9.07. The third kappa shape index (κ3) is 5.33. The molecule has 0 saturated heterocycles. The molecule has 1 atom stereocenters. The van der Waals surface area contributed by atoms with Gasteiger partial charge in [0.2, 0.25) is 10.0 Å². The van der Waals surface area contributed by atoms with Crippen molar-refractivity contribution in [2.75, 3.05) is 29.4 Å². The number of fused-ring (bicyclic) bond motifs is 1. The van der Waals surface area contributed by atoms with E-state index in [-0.39, 0.29) is 18.9 Å². The summed E-state index contributed by atoms with van der Waals surface area (Å²) in [6, 6.07) is 14.7. The van der Waals surface area contributed by atoms with Crippen molar-refractivity contribution in [1.29, 1.82) is 0 Å². The Balaban J connectivity index is 1.63. The normalized spacial score (nSPS) is 16.6. The lowest BCUT2D eigenvalue weighted by molar-refractivity contribution is -0.127. The van der Waals surface area contributed by atoms with Gasteiger partial charge in [0.15, 0.2) is 6.10 Å². The van der Waals surface area contributed by atoms with E-state index in [0.717, 1.165) is 16.9 Å². The maximum atomic E-state index is 12.6. The Labute approximate surface area is 174 Å². The summed E-state index contributed by atoms with van der Waals surface area (Å²) in [5.74, 6) is 0.792. The van der Waals surface area contributed by atoms with Gasteiger partial charge in [-0.15, -0.1) is 11.8 Å². The van der Waals surface area contributed by atoms with Gasteiger partial charge in [0.25, 0.3) is 5.91 Å². The second-order valence-corrected chi connectivity index (χ2v) is 9.81. The van der Waals surface area contributed by atoms with Gasteiger partial charge in [0.05, 0.1) is 11.9 Å². The van der Waals surface area contributed by atoms with Crippen LogP contribution < -0.4 is 14.4 Å². The first-order valence-electron chi connectivity index (χ1n) is 8.74. The summed E-state index contributed by atoms with van der Waals surface area (Å²) in [4.78, 5) is 13.7. The molecule has 6 nitrogen and oxygen atoms in total. The summed E-state index contributed by atoms with van der Waals surface area (Å²) >= 11 is 7.67. The zero-order chi connectivity index (χ0) is 20.1. The number of rotatable bonds is 6. The van der Waals surface area contributed by atoms with E-state index >= 15 is 0 Å². The highest BCUT2D eigenvalue weighted by Crippen LogP contribution is 2.36. The van der Waals surface area contributed by atoms with Crippen molar-refractivity contribution in [2.45, 2.75) is 17.4 Å². The Bertz CT molecular complexity index is 938. The number of halogens is 1. The fourth-order valence-electron chi connectivity index (χ4n) is 2.85. The molecular formula is C19H21ClN2O4S2. The topological polar surface area (TPSA) is 75.7 Å². The van der Waals surface area contributed by atoms with Gasteiger partial charge in [-0.2, -0.15) is 0 Å². The van der Waals surface area contributed by atoms with Crippen LogP contribution in [-0.4, -0.2) is 45.5 Å². The van der Waals surface area contributed by atoms with Gasteiger partial charge in [-0.3, -0.25) is 9.10 Å². The molecule has 0 aromatic heterocycles. The molecule has 1 aliphatic rings. The molecule has 0 aliphatic carbocycles. The van der Waals surface area contributed by atoms with Crippen LogP contribution in [-0.2, 0) is 14.8 Å². The van der Waals surface area contributed by atoms with Crippen molar-refractivity contribution in [3.05, 3.63) is 53.6 Å². The Morgan fingerprint density at radius 2 is 2.04 bits per heavy atom. The zero-order valence-corrected chi connectivity index (χ0v) is 17.7. The molecule has 0 unspecified atom stereocenters. The molecule has 0 spiro atoms. The van der Waals surface area contributed by atoms with E-state index in [1.54, 1.807) is 23.9 Å². The van der Waals surface area contributed by atoms with Crippen molar-refractivity contribution in [3.63, 3.8) is 0 Å². The summed E-state index contributed by atoms with van der Waals surface area (Å²) in [5.41, 5.74) is 0.352. The van der Waals surface area contributed by atoms with Crippen LogP contribution in [0.4, 0.5) is 5.69 Å². The monoisotopic (exact) mass is 440 g/mol. The second-order valence-electron chi connectivity index (χ2n) is 6.29. The minimum absolute atomic E-state index is 0.142. The van der Waals surface area contributed by atoms with E-state index in [9.17, 15) is 13.2 Å². The van der Waals surface area contributed by atoms with Gasteiger partial charge < -0.3 is 10.1 Å². The number of anilines is 1. The Morgan fingerprint density at radius 3 is 2.75 bits per heavy atom. The fraction of sp³-hybridized carbons (Fsp3) is 0.316. The number of thioether (sulfide) groups is 1. The molecule has 0 radical (unpaired) electrons. The highest BCUT2D eigenvalue weighted by atomic mass is 35.5. The number of nitrogens with zero attached hydrogens (tertiary/aromatic N) is 1. The van der Waals surface area contributed by atoms with E-state index < -0.39 is 16.1 Å². The summed E-state index contributed by atoms with van der Waals surface area (Å²) < 4.78 is 31.4. The third-order valence-electron chi connectivity index (χ3n) is 4.16. The molecule has 2 aromatic carbocycles. The number of carbonyl (C=O) groups is 1. The van der Waals surface area contributed by atoms with E-state index in [2.05, 4.69) is 5.32 Å². The minimum atomic E-state index is -3.52. The van der Waals surface area contributed by atoms with Gasteiger partial charge in [-0.1, -0.05) is 29.8 Å². The first kappa shape index (κ1) is 20.8. The van der Waals surface area contributed by atoms with Crippen LogP contribution in [0, 0.1) is 0 Å². The van der Waals surface area contributed by atoms with Crippen molar-refractivity contribution >= 4 is 45.0 Å². The van der Waals surface area contributed by atoms with Crippen molar-refractivity contribution in [1.82, 2.24) is 5.32 Å². The summed E-state index contributed by atoms with van der Waals surface area (Å²) in [6.45, 7) is 0.630. The first-order valence-corrected chi connectivity index (χ1v) is 12.0. The molecule has 0 fully saturated rings. The van der Waals surface area contributed by atoms with Crippen LogP contribution in [0.15, 0.2) is 53.4 Å². The van der Waals surface area contributed by atoms with Gasteiger partial charge in [0, 0.05) is 35.2 Å². The predicted molar refractivity (Wildman–Crippen MR) is 113 cm³/mol. The first-order chi connectivity index (χ1) is 13.3. The quantitative estimate of drug-likeness (QED) is 0.551. The summed E-state index contributed by atoms with van der Waals surface area (Å²) in [5, 5.41) is 3.27. The molecule has 0 saturated carbocycles. The van der Waals surface area contributed by atoms with E-state index in [4.69, 9.17) is 16.3 Å². The van der Waals surface area contributed by atoms with Gasteiger partial charge in [-0.05, 0) is 30.3 Å². The maximum Gasteiger partial charge on any atom is 0.261 e. The number of hydrogen-bond donors (Lipinski definition) is 1. The fourth-order valence-corrected chi connectivity index (χ4v) is 4.75. The Kier molecular flexibility index (Phi) is 6.74. The smallest absolute Gasteiger partial charge is 0.261 e. The molecule has 1 aliphatic heterocycles. The number of amides is 1. The molecule has 28 heavy (non-hydrogen) atoms. The Hall–Kier alpha value is -1.90. The molecule has 0 bridgehead atoms. The van der Waals surface area contributed by atoms with Crippen LogP contribution in [0.25, 0.3) is 0 Å². The lowest BCUT2D eigenvalue weighted by Gasteiger charge is -2.21. The lowest BCUT2D eigenvalue weighted by Crippen LogP contribution is -2.40. The predicted octanol–water partition coefficient (Wildman–Crippen LogP) is 3.17. The summed E-state index contributed by atoms with van der Waals surface area (Å²) in [7, 11) is -3.52. The third-order valence-corrected chi connectivity index (χ3v) is 6.59. The number of nitrogens with one attached hydrogen (secondary N) is 1. The van der Waals surface area contributed by atoms with Crippen molar-refractivity contribution in [3.8, 4) is 5.75 Å². The highest BCUT2D eigenvalue weighted by molar-refractivity contribution is 7.99. The van der Waals surface area contributed by atoms with E-state index in [0.29, 0.717) is 23.0 Å². The Morgan fingerprint density at radius 1 is 1.29 bits per heavy atom.